The maximum Gasteiger partial charge on any atom is 0.0541 e. The Hall–Kier alpha value is -7.16. The van der Waals surface area contributed by atoms with Gasteiger partial charge in [-0.05, 0) is 142 Å². The first-order chi connectivity index (χ1) is 29.4. The molecule has 0 unspecified atom stereocenters. The molecule has 2 heteroatoms. The Morgan fingerprint density at radius 3 is 1.57 bits per heavy atom. The number of aromatic nitrogens is 2. The number of aryl methyl sites for hydroxylation is 1. The second kappa shape index (κ2) is 13.2. The lowest BCUT2D eigenvalue weighted by atomic mass is 9.77. The highest BCUT2D eigenvalue weighted by atomic mass is 15.0. The molecule has 0 radical (unpaired) electrons. The van der Waals surface area contributed by atoms with E-state index in [0.29, 0.717) is 0 Å². The lowest BCUT2D eigenvalue weighted by molar-refractivity contribution is 0.652. The summed E-state index contributed by atoms with van der Waals surface area (Å²) in [6, 6.07) is 67.6. The van der Waals surface area contributed by atoms with E-state index in [1.807, 2.05) is 0 Å². The van der Waals surface area contributed by atoms with E-state index >= 15 is 0 Å². The van der Waals surface area contributed by atoms with Gasteiger partial charge in [-0.1, -0.05) is 141 Å². The summed E-state index contributed by atoms with van der Waals surface area (Å²) in [5.74, 6) is 0. The van der Waals surface area contributed by atoms with Gasteiger partial charge >= 0.3 is 0 Å². The summed E-state index contributed by atoms with van der Waals surface area (Å²) in [6.45, 7) is 6.99. The number of hydrogen-bond donors (Lipinski definition) is 0. The molecule has 2 nitrogen and oxygen atoms in total. The minimum absolute atomic E-state index is 0.0911. The summed E-state index contributed by atoms with van der Waals surface area (Å²) >= 11 is 0. The van der Waals surface area contributed by atoms with E-state index in [1.165, 1.54) is 116 Å². The average molecular weight is 769 g/mol. The van der Waals surface area contributed by atoms with Crippen molar-refractivity contribution in [3.05, 3.63) is 216 Å². The first-order valence-corrected chi connectivity index (χ1v) is 21.3. The zero-order valence-corrected chi connectivity index (χ0v) is 34.2. The molecule has 0 fully saturated rings. The Bertz CT molecular complexity index is 3420. The highest BCUT2D eigenvalue weighted by Crippen LogP contribution is 2.53. The van der Waals surface area contributed by atoms with Crippen LogP contribution in [0.25, 0.3) is 88.4 Å². The number of benzene rings is 8. The van der Waals surface area contributed by atoms with Gasteiger partial charge in [-0.2, -0.15) is 0 Å². The van der Waals surface area contributed by atoms with Crippen LogP contribution in [0.15, 0.2) is 194 Å². The molecule has 8 aromatic carbocycles. The number of para-hydroxylation sites is 3. The van der Waals surface area contributed by atoms with Crippen LogP contribution in [0.2, 0.25) is 0 Å². The van der Waals surface area contributed by atoms with Crippen LogP contribution >= 0.6 is 0 Å². The molecular weight excluding hydrogens is 725 g/mol. The Labute approximate surface area is 351 Å². The number of nitrogens with zero attached hydrogens (tertiary/aromatic N) is 2. The normalized spacial score (nSPS) is 14.6. The highest BCUT2D eigenvalue weighted by molar-refractivity contribution is 6.11. The molecule has 0 atom stereocenters. The van der Waals surface area contributed by atoms with E-state index in [9.17, 15) is 0 Å². The molecule has 286 valence electrons. The van der Waals surface area contributed by atoms with Crippen LogP contribution in [-0.4, -0.2) is 9.13 Å². The molecule has 2 aliphatic carbocycles. The summed E-state index contributed by atoms with van der Waals surface area (Å²) in [7, 11) is 0. The van der Waals surface area contributed by atoms with Gasteiger partial charge in [0.2, 0.25) is 0 Å². The molecule has 0 aliphatic heterocycles. The molecule has 12 rings (SSSR count). The van der Waals surface area contributed by atoms with E-state index in [4.69, 9.17) is 0 Å². The maximum absolute atomic E-state index is 2.53. The van der Waals surface area contributed by atoms with E-state index < -0.39 is 0 Å². The highest BCUT2D eigenvalue weighted by Gasteiger charge is 2.38. The quantitative estimate of drug-likeness (QED) is 0.165. The van der Waals surface area contributed by atoms with Crippen LogP contribution in [0.5, 0.6) is 0 Å². The van der Waals surface area contributed by atoms with E-state index in [0.717, 1.165) is 12.8 Å². The van der Waals surface area contributed by atoms with Crippen LogP contribution in [0.1, 0.15) is 48.9 Å². The lowest BCUT2D eigenvalue weighted by Gasteiger charge is -2.26. The molecule has 60 heavy (non-hydrogen) atoms. The maximum atomic E-state index is 2.53. The van der Waals surface area contributed by atoms with Crippen molar-refractivity contribution in [3.8, 4) is 33.6 Å². The molecule has 2 aliphatic rings. The molecule has 0 saturated heterocycles. The fraction of sp³-hybridized carbons (Fsp3) is 0.103. The average Bonchev–Trinajstić information content (AvgIpc) is 3.89. The molecular formula is C58H44N2. The summed E-state index contributed by atoms with van der Waals surface area (Å²) in [6.07, 6.45) is 4.63. The number of allylic oxidation sites excluding steroid dienone is 4. The first-order valence-electron chi connectivity index (χ1n) is 21.3. The van der Waals surface area contributed by atoms with Crippen LogP contribution in [0.4, 0.5) is 0 Å². The van der Waals surface area contributed by atoms with Crippen LogP contribution in [-0.2, 0) is 5.41 Å². The monoisotopic (exact) mass is 768 g/mol. The number of hydrogen-bond acceptors (Lipinski definition) is 0. The fourth-order valence-electron chi connectivity index (χ4n) is 10.4. The van der Waals surface area contributed by atoms with Crippen molar-refractivity contribution in [1.29, 1.82) is 0 Å². The summed E-state index contributed by atoms with van der Waals surface area (Å²) in [5.41, 5.74) is 22.1. The van der Waals surface area contributed by atoms with E-state index in [-0.39, 0.29) is 5.41 Å². The van der Waals surface area contributed by atoms with Crippen LogP contribution in [0, 0.1) is 6.92 Å². The predicted molar refractivity (Wildman–Crippen MR) is 254 cm³/mol. The predicted octanol–water partition coefficient (Wildman–Crippen LogP) is 15.4. The summed E-state index contributed by atoms with van der Waals surface area (Å²) in [4.78, 5) is 0. The molecule has 0 saturated carbocycles. The minimum atomic E-state index is -0.0911. The van der Waals surface area contributed by atoms with E-state index in [1.54, 1.807) is 0 Å². The number of rotatable bonds is 5. The molecule has 2 heterocycles. The largest absolute Gasteiger partial charge is 0.309 e. The fourth-order valence-corrected chi connectivity index (χ4v) is 10.4. The van der Waals surface area contributed by atoms with Crippen molar-refractivity contribution in [2.45, 2.75) is 39.0 Å². The number of fused-ring (bicyclic) bond motifs is 8. The molecule has 0 bridgehead atoms. The zero-order chi connectivity index (χ0) is 40.1. The van der Waals surface area contributed by atoms with Gasteiger partial charge in [0.1, 0.15) is 0 Å². The Morgan fingerprint density at radius 2 is 0.917 bits per heavy atom. The SMILES string of the molecule is Cc1ccc(-n2c3ccccc3c3cc(C4=CC5=C(CC4)c4ccc(-c6ccc(-c7ccc8c(c7)c7ccccc7n8-c7ccccc7)cc6)cc4C5(C)C)ccc32)cc1. The molecule has 0 spiro atoms. The van der Waals surface area contributed by atoms with Gasteiger partial charge in [0.05, 0.1) is 22.1 Å². The zero-order valence-electron chi connectivity index (χ0n) is 34.2. The topological polar surface area (TPSA) is 9.86 Å². The van der Waals surface area contributed by atoms with Crippen molar-refractivity contribution in [2.75, 3.05) is 0 Å². The third-order valence-electron chi connectivity index (χ3n) is 13.6. The third kappa shape index (κ3) is 5.27. The Morgan fingerprint density at radius 1 is 0.417 bits per heavy atom. The van der Waals surface area contributed by atoms with Gasteiger partial charge in [-0.3, -0.25) is 0 Å². The Balaban J connectivity index is 0.857. The van der Waals surface area contributed by atoms with Crippen LogP contribution in [0.3, 0.4) is 0 Å². The van der Waals surface area contributed by atoms with Gasteiger partial charge in [0.25, 0.3) is 0 Å². The first kappa shape index (κ1) is 34.8. The van der Waals surface area contributed by atoms with Crippen molar-refractivity contribution in [2.24, 2.45) is 0 Å². The summed E-state index contributed by atoms with van der Waals surface area (Å²) < 4.78 is 4.79. The molecule has 2 aromatic heterocycles. The smallest absolute Gasteiger partial charge is 0.0541 e. The van der Waals surface area contributed by atoms with Gasteiger partial charge in [-0.15, -0.1) is 0 Å². The van der Waals surface area contributed by atoms with Crippen LogP contribution < -0.4 is 0 Å². The van der Waals surface area contributed by atoms with Gasteiger partial charge in [0, 0.05) is 38.3 Å². The molecule has 0 amide bonds. The van der Waals surface area contributed by atoms with Gasteiger partial charge in [-0.25, -0.2) is 0 Å². The minimum Gasteiger partial charge on any atom is -0.309 e. The Kier molecular flexibility index (Phi) is 7.65. The molecule has 10 aromatic rings. The van der Waals surface area contributed by atoms with Crippen molar-refractivity contribution in [3.63, 3.8) is 0 Å². The van der Waals surface area contributed by atoms with E-state index in [2.05, 4.69) is 218 Å². The standard InChI is InChI=1S/C58H44N2/c1-37-17-27-45(28-18-37)60-55-16-10-8-14-49(55)51-34-41(26-32-57(51)60)43-24-30-47-46-29-23-42(35-52(46)58(2,3)53(47)36-43)39-21-19-38(20-22-39)40-25-31-56-50(33-40)48-13-7-9-15-54(48)59(56)44-11-5-4-6-12-44/h4-23,25-29,31-36H,24,30H2,1-3H3. The van der Waals surface area contributed by atoms with Gasteiger partial charge < -0.3 is 9.13 Å². The van der Waals surface area contributed by atoms with Crippen molar-refractivity contribution in [1.82, 2.24) is 9.13 Å². The van der Waals surface area contributed by atoms with Crippen molar-refractivity contribution >= 4 is 54.8 Å². The second-order valence-electron chi connectivity index (χ2n) is 17.4. The molecule has 0 N–H and O–H groups in total. The third-order valence-corrected chi connectivity index (χ3v) is 13.6. The summed E-state index contributed by atoms with van der Waals surface area (Å²) in [5, 5.41) is 5.16. The lowest BCUT2D eigenvalue weighted by Crippen LogP contribution is -2.17. The van der Waals surface area contributed by atoms with Crippen molar-refractivity contribution < 1.29 is 0 Å². The second-order valence-corrected chi connectivity index (χ2v) is 17.4. The van der Waals surface area contributed by atoms with Gasteiger partial charge in [0.15, 0.2) is 0 Å².